The highest BCUT2D eigenvalue weighted by atomic mass is 16.3. The van der Waals surface area contributed by atoms with Crippen molar-refractivity contribution < 1.29 is 9.90 Å². The maximum absolute atomic E-state index is 12.1. The normalized spacial score (nSPS) is 17.4. The van der Waals surface area contributed by atoms with Crippen LogP contribution in [0.2, 0.25) is 0 Å². The Hall–Kier alpha value is -2.18. The topological polar surface area (TPSA) is 77.5 Å². The van der Waals surface area contributed by atoms with E-state index in [2.05, 4.69) is 27.4 Å². The van der Waals surface area contributed by atoms with Crippen molar-refractivity contribution >= 4 is 22.6 Å². The maximum Gasteiger partial charge on any atom is 0.319 e. The van der Waals surface area contributed by atoms with Gasteiger partial charge < -0.3 is 20.6 Å². The van der Waals surface area contributed by atoms with Gasteiger partial charge >= 0.3 is 6.03 Å². The molecule has 0 spiro atoms. The monoisotopic (exact) mass is 342 g/mol. The number of carbonyl (C=O) groups excluding carboxylic acids is 1. The van der Waals surface area contributed by atoms with Gasteiger partial charge in [-0.15, -0.1) is 0 Å². The van der Waals surface area contributed by atoms with Gasteiger partial charge in [-0.25, -0.2) is 4.79 Å². The van der Waals surface area contributed by atoms with Crippen molar-refractivity contribution in [3.63, 3.8) is 0 Å². The molecule has 0 bridgehead atoms. The summed E-state index contributed by atoms with van der Waals surface area (Å²) in [6, 6.07) is 9.14. The average molecular weight is 342 g/mol. The van der Waals surface area contributed by atoms with Crippen LogP contribution in [0.15, 0.2) is 36.5 Å². The minimum absolute atomic E-state index is 0.232. The van der Waals surface area contributed by atoms with E-state index in [-0.39, 0.29) is 12.6 Å². The van der Waals surface area contributed by atoms with Crippen molar-refractivity contribution in [3.05, 3.63) is 36.5 Å². The van der Waals surface area contributed by atoms with Crippen molar-refractivity contribution in [2.75, 3.05) is 31.5 Å². The number of likely N-dealkylation sites (tertiary alicyclic amines) is 1. The highest BCUT2D eigenvalue weighted by Crippen LogP contribution is 2.20. The van der Waals surface area contributed by atoms with Crippen LogP contribution in [0.3, 0.4) is 0 Å². The molecule has 1 saturated heterocycles. The van der Waals surface area contributed by atoms with Gasteiger partial charge in [0.25, 0.3) is 0 Å². The SMILES string of the molecule is CC1CCN(CC(O)CNC(=O)Nc2cccc3cccnc23)CC1. The molecule has 6 heteroatoms. The van der Waals surface area contributed by atoms with E-state index in [4.69, 9.17) is 0 Å². The largest absolute Gasteiger partial charge is 0.390 e. The quantitative estimate of drug-likeness (QED) is 0.780. The molecule has 2 aromatic rings. The smallest absolute Gasteiger partial charge is 0.319 e. The highest BCUT2D eigenvalue weighted by Gasteiger charge is 2.18. The summed E-state index contributed by atoms with van der Waals surface area (Å²) in [5, 5.41) is 16.7. The fourth-order valence-corrected chi connectivity index (χ4v) is 3.19. The zero-order chi connectivity index (χ0) is 17.6. The van der Waals surface area contributed by atoms with Gasteiger partial charge in [-0.1, -0.05) is 25.1 Å². The number of rotatable bonds is 5. The molecule has 3 rings (SSSR count). The van der Waals surface area contributed by atoms with Crippen LogP contribution in [-0.2, 0) is 0 Å². The lowest BCUT2D eigenvalue weighted by atomic mass is 9.99. The molecule has 2 amide bonds. The van der Waals surface area contributed by atoms with E-state index in [9.17, 15) is 9.90 Å². The number of urea groups is 1. The molecule has 1 aromatic carbocycles. The number of aliphatic hydroxyl groups is 1. The number of amides is 2. The fraction of sp³-hybridized carbons (Fsp3) is 0.474. The number of aromatic nitrogens is 1. The Morgan fingerprint density at radius 2 is 2.08 bits per heavy atom. The Morgan fingerprint density at radius 1 is 1.32 bits per heavy atom. The lowest BCUT2D eigenvalue weighted by Gasteiger charge is -2.31. The number of fused-ring (bicyclic) bond motifs is 1. The van der Waals surface area contributed by atoms with Crippen LogP contribution in [0.5, 0.6) is 0 Å². The third-order valence-electron chi connectivity index (χ3n) is 4.72. The lowest BCUT2D eigenvalue weighted by molar-refractivity contribution is 0.0924. The summed E-state index contributed by atoms with van der Waals surface area (Å²) in [6.45, 7) is 5.14. The molecule has 1 aliphatic heterocycles. The summed E-state index contributed by atoms with van der Waals surface area (Å²) in [4.78, 5) is 18.7. The van der Waals surface area contributed by atoms with Crippen molar-refractivity contribution in [1.29, 1.82) is 0 Å². The predicted octanol–water partition coefficient (Wildman–Crippen LogP) is 2.45. The number of anilines is 1. The second-order valence-electron chi connectivity index (χ2n) is 6.85. The fourth-order valence-electron chi connectivity index (χ4n) is 3.19. The number of piperidine rings is 1. The first kappa shape index (κ1) is 17.6. The molecule has 0 aliphatic carbocycles. The third kappa shape index (κ3) is 4.90. The molecular weight excluding hydrogens is 316 g/mol. The van der Waals surface area contributed by atoms with Gasteiger partial charge in [-0.2, -0.15) is 0 Å². The number of nitrogens with one attached hydrogen (secondary N) is 2. The number of nitrogens with zero attached hydrogens (tertiary/aromatic N) is 2. The summed E-state index contributed by atoms with van der Waals surface area (Å²) in [6.07, 6.45) is 3.49. The molecule has 0 saturated carbocycles. The number of para-hydroxylation sites is 1. The molecule has 1 atom stereocenters. The van der Waals surface area contributed by atoms with E-state index in [1.54, 1.807) is 6.20 Å². The Balaban J connectivity index is 1.47. The second kappa shape index (κ2) is 8.27. The first-order chi connectivity index (χ1) is 12.1. The van der Waals surface area contributed by atoms with Gasteiger partial charge in [-0.3, -0.25) is 4.98 Å². The Labute approximate surface area is 148 Å². The zero-order valence-electron chi connectivity index (χ0n) is 14.6. The van der Waals surface area contributed by atoms with Gasteiger partial charge in [0.15, 0.2) is 0 Å². The van der Waals surface area contributed by atoms with Crippen LogP contribution in [-0.4, -0.2) is 53.3 Å². The summed E-state index contributed by atoms with van der Waals surface area (Å²) < 4.78 is 0. The number of β-amino-alcohol motifs (C(OH)–C–C–N with tert-alkyl or cyclic N) is 1. The number of benzene rings is 1. The number of carbonyl (C=O) groups is 1. The molecule has 1 aliphatic rings. The maximum atomic E-state index is 12.1. The molecule has 6 nitrogen and oxygen atoms in total. The summed E-state index contributed by atoms with van der Waals surface area (Å²) >= 11 is 0. The van der Waals surface area contributed by atoms with Crippen LogP contribution in [0.4, 0.5) is 10.5 Å². The van der Waals surface area contributed by atoms with Crippen molar-refractivity contribution in [1.82, 2.24) is 15.2 Å². The van der Waals surface area contributed by atoms with Crippen LogP contribution in [0.25, 0.3) is 10.9 Å². The first-order valence-electron chi connectivity index (χ1n) is 8.91. The van der Waals surface area contributed by atoms with Gasteiger partial charge in [-0.05, 0) is 44.0 Å². The molecule has 2 heterocycles. The van der Waals surface area contributed by atoms with E-state index in [0.29, 0.717) is 12.2 Å². The minimum atomic E-state index is -0.565. The molecule has 25 heavy (non-hydrogen) atoms. The van der Waals surface area contributed by atoms with Crippen LogP contribution in [0, 0.1) is 5.92 Å². The Kier molecular flexibility index (Phi) is 5.83. The van der Waals surface area contributed by atoms with E-state index < -0.39 is 6.10 Å². The highest BCUT2D eigenvalue weighted by molar-refractivity contribution is 5.99. The summed E-state index contributed by atoms with van der Waals surface area (Å²) in [5.41, 5.74) is 1.42. The molecule has 3 N–H and O–H groups in total. The molecule has 1 fully saturated rings. The number of pyridine rings is 1. The van der Waals surface area contributed by atoms with Crippen LogP contribution < -0.4 is 10.6 Å². The average Bonchev–Trinajstić information content (AvgIpc) is 2.62. The molecule has 1 aromatic heterocycles. The number of hydrogen-bond donors (Lipinski definition) is 3. The lowest BCUT2D eigenvalue weighted by Crippen LogP contribution is -2.43. The first-order valence-corrected chi connectivity index (χ1v) is 8.91. The number of aliphatic hydroxyl groups excluding tert-OH is 1. The van der Waals surface area contributed by atoms with E-state index in [1.807, 2.05) is 30.3 Å². The van der Waals surface area contributed by atoms with Gasteiger partial charge in [0.1, 0.15) is 0 Å². The summed E-state index contributed by atoms with van der Waals surface area (Å²) in [5.74, 6) is 0.770. The van der Waals surface area contributed by atoms with Gasteiger partial charge in [0.2, 0.25) is 0 Å². The van der Waals surface area contributed by atoms with Crippen molar-refractivity contribution in [2.45, 2.75) is 25.9 Å². The van der Waals surface area contributed by atoms with Crippen molar-refractivity contribution in [3.8, 4) is 0 Å². The minimum Gasteiger partial charge on any atom is -0.390 e. The second-order valence-corrected chi connectivity index (χ2v) is 6.85. The molecule has 1 unspecified atom stereocenters. The van der Waals surface area contributed by atoms with Crippen LogP contribution in [0.1, 0.15) is 19.8 Å². The number of hydrogen-bond acceptors (Lipinski definition) is 4. The molecule has 134 valence electrons. The van der Waals surface area contributed by atoms with Crippen molar-refractivity contribution in [2.24, 2.45) is 5.92 Å². The predicted molar refractivity (Wildman–Crippen MR) is 99.6 cm³/mol. The van der Waals surface area contributed by atoms with Gasteiger partial charge in [0, 0.05) is 24.7 Å². The van der Waals surface area contributed by atoms with Gasteiger partial charge in [0.05, 0.1) is 17.3 Å². The van der Waals surface area contributed by atoms with Crippen LogP contribution >= 0.6 is 0 Å². The molecule has 0 radical (unpaired) electrons. The molecular formula is C19H26N4O2. The van der Waals surface area contributed by atoms with E-state index in [1.165, 1.54) is 12.8 Å². The summed E-state index contributed by atoms with van der Waals surface area (Å²) in [7, 11) is 0. The Bertz CT molecular complexity index is 708. The Morgan fingerprint density at radius 3 is 2.88 bits per heavy atom. The zero-order valence-corrected chi connectivity index (χ0v) is 14.6. The van der Waals surface area contributed by atoms with E-state index >= 15 is 0 Å². The van der Waals surface area contributed by atoms with E-state index in [0.717, 1.165) is 29.9 Å². The standard InChI is InChI=1S/C19H26N4O2/c1-14-7-10-23(11-8-14)13-16(24)12-21-19(25)22-17-6-2-4-15-5-3-9-20-18(15)17/h2-6,9,14,16,24H,7-8,10-13H2,1H3,(H2,21,22,25). The third-order valence-corrected chi connectivity index (χ3v) is 4.72.